The number of alkyl halides is 1. The third kappa shape index (κ3) is 3.38. The quantitative estimate of drug-likeness (QED) is 0.797. The van der Waals surface area contributed by atoms with E-state index in [1.54, 1.807) is 36.4 Å². The molecule has 1 heterocycles. The van der Waals surface area contributed by atoms with Crippen LogP contribution in [0.15, 0.2) is 42.5 Å². The molecule has 2 aromatic rings. The van der Waals surface area contributed by atoms with Gasteiger partial charge in [0.05, 0.1) is 5.69 Å². The molecule has 1 aliphatic rings. The molecule has 0 spiro atoms. The molecule has 1 saturated heterocycles. The Bertz CT molecular complexity index is 772. The number of carbonyl (C=O) groups is 1. The Hall–Kier alpha value is -1.69. The van der Waals surface area contributed by atoms with E-state index in [1.165, 1.54) is 6.07 Å². The van der Waals surface area contributed by atoms with Crippen molar-refractivity contribution in [2.24, 2.45) is 0 Å². The van der Waals surface area contributed by atoms with Crippen LogP contribution in [0.4, 0.5) is 14.5 Å². The Morgan fingerprint density at radius 1 is 1.17 bits per heavy atom. The highest BCUT2D eigenvalue weighted by Crippen LogP contribution is 2.33. The molecule has 126 valence electrons. The highest BCUT2D eigenvalue weighted by Gasteiger charge is 2.36. The van der Waals surface area contributed by atoms with Crippen LogP contribution in [0, 0.1) is 5.82 Å². The monoisotopic (exact) mass is 370 g/mol. The van der Waals surface area contributed by atoms with Crippen LogP contribution in [0.3, 0.4) is 0 Å². The largest absolute Gasteiger partial charge is 0.322 e. The van der Waals surface area contributed by atoms with Crippen molar-refractivity contribution in [3.8, 4) is 11.1 Å². The zero-order chi connectivity index (χ0) is 17.3. The number of amides is 1. The zero-order valence-corrected chi connectivity index (χ0v) is 14.0. The Morgan fingerprint density at radius 2 is 1.88 bits per heavy atom. The molecule has 1 N–H and O–H groups in total. The first kappa shape index (κ1) is 17.1. The maximum absolute atomic E-state index is 14.8. The van der Waals surface area contributed by atoms with E-state index in [0.29, 0.717) is 10.6 Å². The molecule has 2 atom stereocenters. The van der Waals surface area contributed by atoms with Gasteiger partial charge in [0.15, 0.2) is 5.82 Å². The summed E-state index contributed by atoms with van der Waals surface area (Å²) < 4.78 is 29.2. The summed E-state index contributed by atoms with van der Waals surface area (Å²) in [6.45, 7) is -0.0260. The highest BCUT2D eigenvalue weighted by atomic mass is 35.5. The van der Waals surface area contributed by atoms with Crippen LogP contribution in [0.25, 0.3) is 11.1 Å². The molecule has 1 fully saturated rings. The maximum Gasteiger partial charge on any atom is 0.243 e. The van der Waals surface area contributed by atoms with Gasteiger partial charge in [-0.15, -0.1) is 0 Å². The molecule has 3 rings (SSSR count). The third-order valence-corrected chi connectivity index (χ3v) is 4.62. The van der Waals surface area contributed by atoms with Gasteiger partial charge in [0, 0.05) is 29.1 Å². The third-order valence-electron chi connectivity index (χ3n) is 3.91. The number of rotatable bonds is 3. The van der Waals surface area contributed by atoms with Crippen molar-refractivity contribution in [3.05, 3.63) is 53.3 Å². The van der Waals surface area contributed by atoms with Crippen molar-refractivity contribution in [2.45, 2.75) is 18.6 Å². The predicted octanol–water partition coefficient (Wildman–Crippen LogP) is 4.65. The average molecular weight is 371 g/mol. The van der Waals surface area contributed by atoms with E-state index >= 15 is 0 Å². The van der Waals surface area contributed by atoms with Crippen LogP contribution in [0.5, 0.6) is 0 Å². The van der Waals surface area contributed by atoms with Crippen LogP contribution in [0.1, 0.15) is 6.42 Å². The second-order valence-electron chi connectivity index (χ2n) is 5.57. The van der Waals surface area contributed by atoms with Crippen LogP contribution in [-0.4, -0.2) is 29.1 Å². The predicted molar refractivity (Wildman–Crippen MR) is 91.3 cm³/mol. The average Bonchev–Trinajstić information content (AvgIpc) is 2.89. The lowest BCUT2D eigenvalue weighted by atomic mass is 10.0. The molecule has 0 unspecified atom stereocenters. The van der Waals surface area contributed by atoms with Gasteiger partial charge >= 0.3 is 0 Å². The zero-order valence-electron chi connectivity index (χ0n) is 12.5. The molecule has 1 amide bonds. The lowest BCUT2D eigenvalue weighted by Crippen LogP contribution is -2.34. The summed E-state index contributed by atoms with van der Waals surface area (Å²) in [5.74, 6) is -1.14. The lowest BCUT2D eigenvalue weighted by molar-refractivity contribution is -0.119. The number of carbonyl (C=O) groups excluding carboxylic acids is 1. The molecule has 0 aromatic heterocycles. The van der Waals surface area contributed by atoms with Crippen molar-refractivity contribution in [3.63, 3.8) is 0 Å². The molecule has 0 radical (unpaired) electrons. The fourth-order valence-corrected chi connectivity index (χ4v) is 3.27. The molecule has 3 nitrogen and oxygen atoms in total. The maximum atomic E-state index is 14.8. The second kappa shape index (κ2) is 7.05. The van der Waals surface area contributed by atoms with E-state index in [-0.39, 0.29) is 24.2 Å². The first-order valence-electron chi connectivity index (χ1n) is 7.38. The standard InChI is InChI=1S/C17H14Cl2F2N2O/c18-13-6-2-1-4-11(13)12-5-3-7-14(16(12)21)22-17(24)15-8-10(20)9-23(15)19/h1-7,10,15H,8-9H2,(H,22,24)/t10-,15+/m1/s1. The summed E-state index contributed by atoms with van der Waals surface area (Å²) in [5, 5.41) is 2.89. The van der Waals surface area contributed by atoms with Crippen molar-refractivity contribution >= 4 is 35.0 Å². The van der Waals surface area contributed by atoms with E-state index in [2.05, 4.69) is 5.32 Å². The Balaban J connectivity index is 1.86. The summed E-state index contributed by atoms with van der Waals surface area (Å²) in [5.41, 5.74) is 0.803. The van der Waals surface area contributed by atoms with Gasteiger partial charge in [-0.25, -0.2) is 13.2 Å². The minimum atomic E-state index is -1.17. The fraction of sp³-hybridized carbons (Fsp3) is 0.235. The van der Waals surface area contributed by atoms with Gasteiger partial charge in [-0.1, -0.05) is 41.9 Å². The number of nitrogens with one attached hydrogen (secondary N) is 1. The molecule has 0 saturated carbocycles. The number of benzene rings is 2. The molecular weight excluding hydrogens is 357 g/mol. The van der Waals surface area contributed by atoms with Gasteiger partial charge in [0.1, 0.15) is 12.2 Å². The molecule has 0 bridgehead atoms. The summed E-state index contributed by atoms with van der Waals surface area (Å²) in [4.78, 5) is 12.2. The van der Waals surface area contributed by atoms with Crippen LogP contribution in [0.2, 0.25) is 5.02 Å². The summed E-state index contributed by atoms with van der Waals surface area (Å²) in [6.07, 6.45) is -1.18. The van der Waals surface area contributed by atoms with Crippen molar-refractivity contribution in [1.82, 2.24) is 4.42 Å². The van der Waals surface area contributed by atoms with Crippen LogP contribution in [-0.2, 0) is 4.79 Å². The van der Waals surface area contributed by atoms with Gasteiger partial charge in [-0.3, -0.25) is 4.79 Å². The van der Waals surface area contributed by atoms with Gasteiger partial charge in [-0.2, -0.15) is 0 Å². The summed E-state index contributed by atoms with van der Waals surface area (Å²) >= 11 is 12.0. The fourth-order valence-electron chi connectivity index (χ4n) is 2.71. The minimum absolute atomic E-state index is 0.00444. The van der Waals surface area contributed by atoms with E-state index in [9.17, 15) is 13.6 Å². The summed E-state index contributed by atoms with van der Waals surface area (Å²) in [7, 11) is 0. The molecule has 24 heavy (non-hydrogen) atoms. The van der Waals surface area contributed by atoms with E-state index in [1.807, 2.05) is 0 Å². The summed E-state index contributed by atoms with van der Waals surface area (Å²) in [6, 6.07) is 10.6. The number of halogens is 4. The first-order valence-corrected chi connectivity index (χ1v) is 8.09. The van der Waals surface area contributed by atoms with Gasteiger partial charge in [0.2, 0.25) is 5.91 Å². The normalized spacial score (nSPS) is 21.0. The molecule has 1 aliphatic heterocycles. The Labute approximate surface area is 148 Å². The van der Waals surface area contributed by atoms with Crippen LogP contribution < -0.4 is 5.32 Å². The lowest BCUT2D eigenvalue weighted by Gasteiger charge is -2.17. The number of hydrogen-bond acceptors (Lipinski definition) is 2. The highest BCUT2D eigenvalue weighted by molar-refractivity contribution is 6.33. The van der Waals surface area contributed by atoms with E-state index in [0.717, 1.165) is 4.42 Å². The Kier molecular flexibility index (Phi) is 5.04. The topological polar surface area (TPSA) is 32.3 Å². The Morgan fingerprint density at radius 3 is 2.54 bits per heavy atom. The molecule has 0 aliphatic carbocycles. The van der Waals surface area contributed by atoms with Crippen molar-refractivity contribution < 1.29 is 13.6 Å². The second-order valence-corrected chi connectivity index (χ2v) is 6.41. The molecule has 7 heteroatoms. The van der Waals surface area contributed by atoms with Gasteiger partial charge in [-0.05, 0) is 23.9 Å². The molecule has 2 aromatic carbocycles. The van der Waals surface area contributed by atoms with Crippen LogP contribution >= 0.6 is 23.4 Å². The number of nitrogens with zero attached hydrogens (tertiary/aromatic N) is 1. The minimum Gasteiger partial charge on any atom is -0.322 e. The van der Waals surface area contributed by atoms with Gasteiger partial charge in [0.25, 0.3) is 0 Å². The first-order chi connectivity index (χ1) is 11.5. The van der Waals surface area contributed by atoms with E-state index < -0.39 is 23.9 Å². The smallest absolute Gasteiger partial charge is 0.243 e. The van der Waals surface area contributed by atoms with Crippen molar-refractivity contribution in [1.29, 1.82) is 0 Å². The SMILES string of the molecule is O=C(Nc1cccc(-c2ccccc2Cl)c1F)[C@@H]1C[C@@H](F)CN1Cl. The number of hydrogen-bond donors (Lipinski definition) is 1. The van der Waals surface area contributed by atoms with E-state index in [4.69, 9.17) is 23.4 Å². The van der Waals surface area contributed by atoms with Crippen molar-refractivity contribution in [2.75, 3.05) is 11.9 Å². The van der Waals surface area contributed by atoms with Gasteiger partial charge < -0.3 is 5.32 Å². The molecular formula is C17H14Cl2F2N2O. The number of anilines is 1.